The lowest BCUT2D eigenvalue weighted by atomic mass is 9.74. The summed E-state index contributed by atoms with van der Waals surface area (Å²) in [4.78, 5) is 10.5. The van der Waals surface area contributed by atoms with Gasteiger partial charge < -0.3 is 0 Å². The summed E-state index contributed by atoms with van der Waals surface area (Å²) >= 11 is 0. The van der Waals surface area contributed by atoms with E-state index in [4.69, 9.17) is 9.97 Å². The number of aromatic nitrogens is 2. The van der Waals surface area contributed by atoms with E-state index in [0.717, 1.165) is 28.1 Å². The van der Waals surface area contributed by atoms with Crippen LogP contribution in [0.15, 0.2) is 200 Å². The third kappa shape index (κ3) is 5.03. The van der Waals surface area contributed by atoms with Crippen molar-refractivity contribution in [2.75, 3.05) is 0 Å². The van der Waals surface area contributed by atoms with Crippen LogP contribution in [0.1, 0.15) is 23.6 Å². The van der Waals surface area contributed by atoms with Crippen LogP contribution in [0.25, 0.3) is 88.5 Å². The fourth-order valence-corrected chi connectivity index (χ4v) is 9.15. The van der Waals surface area contributed by atoms with E-state index in [1.807, 2.05) is 6.07 Å². The van der Waals surface area contributed by atoms with Gasteiger partial charge >= 0.3 is 0 Å². The first kappa shape index (κ1) is 32.3. The molecule has 0 radical (unpaired) electrons. The number of nitrogens with zero attached hydrogens (tertiary/aromatic N) is 2. The van der Waals surface area contributed by atoms with Gasteiger partial charge in [0.25, 0.3) is 0 Å². The second kappa shape index (κ2) is 12.7. The minimum Gasteiger partial charge on any atom is -0.228 e. The van der Waals surface area contributed by atoms with Crippen LogP contribution in [-0.2, 0) is 5.41 Å². The van der Waals surface area contributed by atoms with Crippen LogP contribution in [0.2, 0.25) is 0 Å². The molecule has 2 nitrogen and oxygen atoms in total. The van der Waals surface area contributed by atoms with Crippen LogP contribution >= 0.6 is 0 Å². The molecular weight excluding hydrogens is 677 g/mol. The highest BCUT2D eigenvalue weighted by molar-refractivity contribution is 6.22. The van der Waals surface area contributed by atoms with Gasteiger partial charge in [0.05, 0.1) is 11.4 Å². The minimum absolute atomic E-state index is 0.249. The number of fused-ring (bicyclic) bond motifs is 7. The van der Waals surface area contributed by atoms with Crippen LogP contribution in [0.3, 0.4) is 0 Å². The fourth-order valence-electron chi connectivity index (χ4n) is 9.15. The van der Waals surface area contributed by atoms with E-state index in [1.165, 1.54) is 71.3 Å². The number of hydrogen-bond acceptors (Lipinski definition) is 2. The van der Waals surface area contributed by atoms with Gasteiger partial charge in [-0.25, -0.2) is 9.97 Å². The monoisotopic (exact) mass is 712 g/mol. The molecule has 1 aromatic heterocycles. The highest BCUT2D eigenvalue weighted by Crippen LogP contribution is 2.53. The zero-order chi connectivity index (χ0) is 37.2. The highest BCUT2D eigenvalue weighted by Gasteiger charge is 2.40. The van der Waals surface area contributed by atoms with Gasteiger partial charge in [0.2, 0.25) is 0 Å². The van der Waals surface area contributed by atoms with Gasteiger partial charge in [-0.15, -0.1) is 0 Å². The second-order valence-corrected chi connectivity index (χ2v) is 15.1. The summed E-state index contributed by atoms with van der Waals surface area (Å²) in [6, 6.07) is 72.3. The maximum absolute atomic E-state index is 5.31. The van der Waals surface area contributed by atoms with Gasteiger partial charge in [-0.1, -0.05) is 182 Å². The molecule has 1 aliphatic rings. The van der Waals surface area contributed by atoms with Crippen molar-refractivity contribution in [2.24, 2.45) is 0 Å². The average Bonchev–Trinajstić information content (AvgIpc) is 3.54. The van der Waals surface area contributed by atoms with Gasteiger partial charge in [-0.2, -0.15) is 0 Å². The molecule has 9 aromatic carbocycles. The SMILES string of the molecule is CC1(c2ccccc2)c2ccccc2-c2cc(-c3cc(-c4ccccc4)nc(-c4ccc(-c5c6ccccc6cc6ccc7ccccc7c56)cc4)n3)ccc21. The quantitative estimate of drug-likeness (QED) is 0.131. The maximum Gasteiger partial charge on any atom is 0.160 e. The molecular formula is C54H36N2. The summed E-state index contributed by atoms with van der Waals surface area (Å²) in [6.45, 7) is 2.36. The molecule has 56 heavy (non-hydrogen) atoms. The predicted molar refractivity (Wildman–Crippen MR) is 234 cm³/mol. The lowest BCUT2D eigenvalue weighted by Gasteiger charge is -2.28. The van der Waals surface area contributed by atoms with Crippen molar-refractivity contribution in [2.45, 2.75) is 12.3 Å². The van der Waals surface area contributed by atoms with E-state index in [0.29, 0.717) is 5.82 Å². The lowest BCUT2D eigenvalue weighted by molar-refractivity contribution is 0.714. The summed E-state index contributed by atoms with van der Waals surface area (Å²) in [7, 11) is 0. The van der Waals surface area contributed by atoms with Crippen molar-refractivity contribution >= 4 is 32.3 Å². The smallest absolute Gasteiger partial charge is 0.160 e. The van der Waals surface area contributed by atoms with Crippen LogP contribution in [0, 0.1) is 0 Å². The molecule has 0 saturated carbocycles. The minimum atomic E-state index is -0.249. The standard InChI is InChI=1S/C54H36N2/c1-54(42-18-6-3-7-19-42)47-23-13-12-22-45(47)46-33-40(30-31-48(46)54)50-34-49(36-15-4-2-5-16-36)55-53(56-50)38-27-25-37(26-28-38)51-44-21-11-9-17-39(44)32-41-29-24-35-14-8-10-20-43(35)52(41)51/h2-34H,1H3. The Labute approximate surface area is 326 Å². The van der Waals surface area contributed by atoms with E-state index >= 15 is 0 Å². The molecule has 0 fully saturated rings. The molecule has 0 saturated heterocycles. The molecule has 1 unspecified atom stereocenters. The van der Waals surface area contributed by atoms with Gasteiger partial charge in [0.1, 0.15) is 0 Å². The molecule has 0 N–H and O–H groups in total. The molecule has 2 heteroatoms. The van der Waals surface area contributed by atoms with E-state index in [2.05, 4.69) is 201 Å². The van der Waals surface area contributed by atoms with Crippen molar-refractivity contribution in [3.8, 4) is 56.2 Å². The Kier molecular flexibility index (Phi) is 7.33. The van der Waals surface area contributed by atoms with Crippen molar-refractivity contribution in [3.05, 3.63) is 217 Å². The molecule has 1 aliphatic carbocycles. The number of rotatable bonds is 5. The Balaban J connectivity index is 1.07. The van der Waals surface area contributed by atoms with Crippen LogP contribution in [0.4, 0.5) is 0 Å². The Morgan fingerprint density at radius 1 is 0.375 bits per heavy atom. The van der Waals surface area contributed by atoms with Crippen molar-refractivity contribution < 1.29 is 0 Å². The lowest BCUT2D eigenvalue weighted by Crippen LogP contribution is -2.22. The third-order valence-electron chi connectivity index (χ3n) is 11.9. The van der Waals surface area contributed by atoms with Gasteiger partial charge in [0, 0.05) is 22.1 Å². The Bertz CT molecular complexity index is 3130. The summed E-state index contributed by atoms with van der Waals surface area (Å²) in [6.07, 6.45) is 0. The van der Waals surface area contributed by atoms with Gasteiger partial charge in [0.15, 0.2) is 5.82 Å². The maximum atomic E-state index is 5.31. The summed E-state index contributed by atoms with van der Waals surface area (Å²) in [5, 5.41) is 7.51. The average molecular weight is 713 g/mol. The molecule has 0 amide bonds. The molecule has 1 heterocycles. The third-order valence-corrected chi connectivity index (χ3v) is 11.9. The summed E-state index contributed by atoms with van der Waals surface area (Å²) in [5.74, 6) is 0.705. The molecule has 1 atom stereocenters. The van der Waals surface area contributed by atoms with Crippen molar-refractivity contribution in [1.29, 1.82) is 0 Å². The highest BCUT2D eigenvalue weighted by atomic mass is 14.9. The zero-order valence-corrected chi connectivity index (χ0v) is 30.9. The Morgan fingerprint density at radius 3 is 1.77 bits per heavy atom. The summed E-state index contributed by atoms with van der Waals surface area (Å²) in [5.41, 5.74) is 13.6. The number of benzene rings is 9. The second-order valence-electron chi connectivity index (χ2n) is 15.1. The van der Waals surface area contributed by atoms with E-state index in [-0.39, 0.29) is 5.41 Å². The first-order chi connectivity index (χ1) is 27.6. The Morgan fingerprint density at radius 2 is 0.964 bits per heavy atom. The van der Waals surface area contributed by atoms with Crippen LogP contribution in [-0.4, -0.2) is 9.97 Å². The molecule has 0 bridgehead atoms. The van der Waals surface area contributed by atoms with Crippen molar-refractivity contribution in [1.82, 2.24) is 9.97 Å². The van der Waals surface area contributed by atoms with Gasteiger partial charge in [-0.3, -0.25) is 0 Å². The molecule has 11 rings (SSSR count). The first-order valence-electron chi connectivity index (χ1n) is 19.3. The first-order valence-corrected chi connectivity index (χ1v) is 19.3. The van der Waals surface area contributed by atoms with E-state index < -0.39 is 0 Å². The summed E-state index contributed by atoms with van der Waals surface area (Å²) < 4.78 is 0. The van der Waals surface area contributed by atoms with E-state index in [9.17, 15) is 0 Å². The van der Waals surface area contributed by atoms with Gasteiger partial charge in [-0.05, 0) is 96.4 Å². The van der Waals surface area contributed by atoms with E-state index in [1.54, 1.807) is 0 Å². The molecule has 10 aromatic rings. The Hall–Kier alpha value is -7.16. The normalized spacial score (nSPS) is 14.6. The molecule has 0 aliphatic heterocycles. The number of hydrogen-bond donors (Lipinski definition) is 0. The topological polar surface area (TPSA) is 25.8 Å². The largest absolute Gasteiger partial charge is 0.228 e. The van der Waals surface area contributed by atoms with Crippen LogP contribution in [0.5, 0.6) is 0 Å². The molecule has 262 valence electrons. The fraction of sp³-hybridized carbons (Fsp3) is 0.0370. The van der Waals surface area contributed by atoms with Crippen molar-refractivity contribution in [3.63, 3.8) is 0 Å². The zero-order valence-electron chi connectivity index (χ0n) is 30.9. The predicted octanol–water partition coefficient (Wildman–Crippen LogP) is 13.9. The van der Waals surface area contributed by atoms with Crippen LogP contribution < -0.4 is 0 Å². The molecule has 0 spiro atoms.